The summed E-state index contributed by atoms with van der Waals surface area (Å²) in [6, 6.07) is 7.60. The lowest BCUT2D eigenvalue weighted by atomic mass is 10.2. The van der Waals surface area contributed by atoms with E-state index >= 15 is 0 Å². The maximum atomic E-state index is 10.8. The second-order valence-corrected chi connectivity index (χ2v) is 4.77. The van der Waals surface area contributed by atoms with Gasteiger partial charge in [0, 0.05) is 23.0 Å². The van der Waals surface area contributed by atoms with E-state index in [-0.39, 0.29) is 5.69 Å². The molecule has 0 spiro atoms. The number of rotatable bonds is 2. The van der Waals surface area contributed by atoms with Crippen LogP contribution in [0.2, 0.25) is 0 Å². The molecular formula is C12H15N2O2+. The molecule has 0 aliphatic heterocycles. The number of fused-ring (bicyclic) bond motifs is 1. The highest BCUT2D eigenvalue weighted by atomic mass is 16.4. The summed E-state index contributed by atoms with van der Waals surface area (Å²) in [7, 11) is 6.23. The summed E-state index contributed by atoms with van der Waals surface area (Å²) in [6.45, 7) is 0. The number of carbonyl (C=O) groups is 1. The monoisotopic (exact) mass is 219 g/mol. The second kappa shape index (κ2) is 3.35. The third kappa shape index (κ3) is 1.79. The topological polar surface area (TPSA) is 53.1 Å². The fourth-order valence-electron chi connectivity index (χ4n) is 1.65. The van der Waals surface area contributed by atoms with Crippen LogP contribution < -0.4 is 4.48 Å². The van der Waals surface area contributed by atoms with E-state index in [1.54, 1.807) is 6.07 Å². The highest BCUT2D eigenvalue weighted by molar-refractivity contribution is 5.94. The summed E-state index contributed by atoms with van der Waals surface area (Å²) in [4.78, 5) is 13.7. The molecule has 2 N–H and O–H groups in total. The zero-order valence-electron chi connectivity index (χ0n) is 9.61. The first-order chi connectivity index (χ1) is 7.38. The quantitative estimate of drug-likeness (QED) is 0.760. The summed E-state index contributed by atoms with van der Waals surface area (Å²) >= 11 is 0. The van der Waals surface area contributed by atoms with Gasteiger partial charge in [0.05, 0.1) is 21.1 Å². The molecule has 2 aromatic rings. The van der Waals surface area contributed by atoms with Gasteiger partial charge in [-0.25, -0.2) is 4.79 Å². The van der Waals surface area contributed by atoms with Crippen LogP contribution in [0.5, 0.6) is 0 Å². The van der Waals surface area contributed by atoms with Gasteiger partial charge in [-0.15, -0.1) is 0 Å². The Hall–Kier alpha value is -1.81. The lowest BCUT2D eigenvalue weighted by molar-refractivity contribution is 0.0691. The third-order valence-electron chi connectivity index (χ3n) is 2.61. The number of aromatic carboxylic acids is 1. The number of aromatic nitrogens is 1. The number of nitrogens with one attached hydrogen (secondary N) is 1. The number of H-pyrrole nitrogens is 1. The van der Waals surface area contributed by atoms with Crippen LogP contribution in [0.1, 0.15) is 10.5 Å². The van der Waals surface area contributed by atoms with Crippen molar-refractivity contribution >= 4 is 22.6 Å². The van der Waals surface area contributed by atoms with Crippen molar-refractivity contribution in [2.24, 2.45) is 0 Å². The fourth-order valence-corrected chi connectivity index (χ4v) is 1.65. The van der Waals surface area contributed by atoms with Gasteiger partial charge in [0.15, 0.2) is 0 Å². The molecule has 0 saturated heterocycles. The minimum Gasteiger partial charge on any atom is -0.477 e. The normalized spacial score (nSPS) is 11.9. The number of quaternary nitrogens is 1. The Labute approximate surface area is 93.7 Å². The third-order valence-corrected chi connectivity index (χ3v) is 2.61. The minimum absolute atomic E-state index is 0.230. The Bertz CT molecular complexity index is 550. The average Bonchev–Trinajstić information content (AvgIpc) is 2.58. The molecule has 4 nitrogen and oxygen atoms in total. The molecule has 0 atom stereocenters. The van der Waals surface area contributed by atoms with Crippen LogP contribution >= 0.6 is 0 Å². The summed E-state index contributed by atoms with van der Waals surface area (Å²) in [5, 5.41) is 9.81. The molecular weight excluding hydrogens is 204 g/mol. The van der Waals surface area contributed by atoms with Crippen LogP contribution in [-0.2, 0) is 0 Å². The summed E-state index contributed by atoms with van der Waals surface area (Å²) in [5.74, 6) is -0.928. The fraction of sp³-hybridized carbons (Fsp3) is 0.250. The first-order valence-corrected chi connectivity index (χ1v) is 5.06. The maximum Gasteiger partial charge on any atom is 0.352 e. The predicted octanol–water partition coefficient (Wildman–Crippen LogP) is 2.06. The van der Waals surface area contributed by atoms with E-state index in [4.69, 9.17) is 5.11 Å². The number of hydrogen-bond donors (Lipinski definition) is 2. The summed E-state index contributed by atoms with van der Waals surface area (Å²) in [5.41, 5.74) is 2.23. The van der Waals surface area contributed by atoms with Gasteiger partial charge in [0.2, 0.25) is 0 Å². The van der Waals surface area contributed by atoms with Crippen molar-refractivity contribution in [3.8, 4) is 0 Å². The molecule has 4 heteroatoms. The molecule has 1 aromatic carbocycles. The molecule has 0 aliphatic carbocycles. The number of hydrogen-bond acceptors (Lipinski definition) is 1. The molecule has 1 heterocycles. The van der Waals surface area contributed by atoms with Crippen LogP contribution in [0.25, 0.3) is 10.9 Å². The highest BCUT2D eigenvalue weighted by Crippen LogP contribution is 2.24. The van der Waals surface area contributed by atoms with Crippen molar-refractivity contribution in [1.82, 2.24) is 9.47 Å². The largest absolute Gasteiger partial charge is 0.477 e. The predicted molar refractivity (Wildman–Crippen MR) is 64.8 cm³/mol. The molecule has 2 rings (SSSR count). The van der Waals surface area contributed by atoms with E-state index < -0.39 is 5.97 Å². The van der Waals surface area contributed by atoms with Crippen molar-refractivity contribution in [3.05, 3.63) is 30.0 Å². The number of carboxylic acids is 1. The van der Waals surface area contributed by atoms with Gasteiger partial charge in [0.1, 0.15) is 11.4 Å². The number of nitrogens with zero attached hydrogens (tertiary/aromatic N) is 1. The zero-order valence-corrected chi connectivity index (χ0v) is 9.61. The van der Waals surface area contributed by atoms with Crippen molar-refractivity contribution in [2.45, 2.75) is 0 Å². The van der Waals surface area contributed by atoms with E-state index in [0.29, 0.717) is 4.48 Å². The van der Waals surface area contributed by atoms with Crippen molar-refractivity contribution in [1.29, 1.82) is 0 Å². The Morgan fingerprint density at radius 3 is 2.50 bits per heavy atom. The lowest BCUT2D eigenvalue weighted by Crippen LogP contribution is -2.34. The lowest BCUT2D eigenvalue weighted by Gasteiger charge is -2.23. The first kappa shape index (κ1) is 10.7. The van der Waals surface area contributed by atoms with Gasteiger partial charge in [-0.2, -0.15) is 0 Å². The number of benzene rings is 1. The van der Waals surface area contributed by atoms with E-state index in [9.17, 15) is 4.79 Å². The number of carboxylic acid groups (broad SMARTS) is 1. The Morgan fingerprint density at radius 2 is 1.94 bits per heavy atom. The van der Waals surface area contributed by atoms with Crippen LogP contribution in [-0.4, -0.2) is 37.2 Å². The van der Waals surface area contributed by atoms with Gasteiger partial charge in [0.25, 0.3) is 0 Å². The van der Waals surface area contributed by atoms with Crippen LogP contribution in [0, 0.1) is 0 Å². The van der Waals surface area contributed by atoms with E-state index in [1.807, 2.05) is 18.2 Å². The van der Waals surface area contributed by atoms with Gasteiger partial charge >= 0.3 is 5.97 Å². The Morgan fingerprint density at radius 1 is 1.25 bits per heavy atom. The smallest absolute Gasteiger partial charge is 0.352 e. The van der Waals surface area contributed by atoms with Gasteiger partial charge in [-0.3, -0.25) is 4.48 Å². The molecule has 16 heavy (non-hydrogen) atoms. The molecule has 0 unspecified atom stereocenters. The summed E-state index contributed by atoms with van der Waals surface area (Å²) < 4.78 is 0.712. The van der Waals surface area contributed by atoms with Gasteiger partial charge in [-0.05, 0) is 12.1 Å². The molecule has 0 fully saturated rings. The Balaban J connectivity index is 2.58. The molecule has 0 radical (unpaired) electrons. The first-order valence-electron chi connectivity index (χ1n) is 5.06. The SMILES string of the molecule is C[N+](C)(C)c1ccc2[nH]c(C(=O)O)cc2c1. The standard InChI is InChI=1S/C12H14N2O2/c1-14(2,3)9-4-5-10-8(6-9)7-11(13-10)12(15)16/h4-7,13H,1-3H3/p+1. The summed E-state index contributed by atoms with van der Waals surface area (Å²) in [6.07, 6.45) is 0. The van der Waals surface area contributed by atoms with E-state index in [2.05, 4.69) is 26.1 Å². The maximum absolute atomic E-state index is 10.8. The molecule has 84 valence electrons. The number of aromatic amines is 1. The van der Waals surface area contributed by atoms with Crippen molar-refractivity contribution in [3.63, 3.8) is 0 Å². The molecule has 0 bridgehead atoms. The average molecular weight is 219 g/mol. The van der Waals surface area contributed by atoms with Crippen LogP contribution in [0.15, 0.2) is 24.3 Å². The van der Waals surface area contributed by atoms with Gasteiger partial charge in [-0.1, -0.05) is 0 Å². The van der Waals surface area contributed by atoms with Gasteiger partial charge < -0.3 is 10.1 Å². The molecule has 1 aromatic heterocycles. The Kier molecular flexibility index (Phi) is 2.24. The zero-order chi connectivity index (χ0) is 11.9. The van der Waals surface area contributed by atoms with Crippen molar-refractivity contribution in [2.75, 3.05) is 21.1 Å². The van der Waals surface area contributed by atoms with Crippen LogP contribution in [0.3, 0.4) is 0 Å². The minimum atomic E-state index is -0.928. The highest BCUT2D eigenvalue weighted by Gasteiger charge is 2.14. The van der Waals surface area contributed by atoms with E-state index in [0.717, 1.165) is 16.6 Å². The second-order valence-electron chi connectivity index (χ2n) is 4.77. The van der Waals surface area contributed by atoms with Crippen LogP contribution in [0.4, 0.5) is 5.69 Å². The van der Waals surface area contributed by atoms with Crippen molar-refractivity contribution < 1.29 is 9.90 Å². The molecule has 0 amide bonds. The van der Waals surface area contributed by atoms with E-state index in [1.165, 1.54) is 0 Å². The molecule has 0 saturated carbocycles. The molecule has 0 aliphatic rings.